The van der Waals surface area contributed by atoms with Crippen LogP contribution in [0.5, 0.6) is 0 Å². The number of carbonyl (C=O) groups is 1. The molecule has 1 aliphatic heterocycles. The van der Waals surface area contributed by atoms with E-state index in [1.165, 1.54) is 0 Å². The van der Waals surface area contributed by atoms with Gasteiger partial charge in [0, 0.05) is 45.3 Å². The number of hydrogen-bond acceptors (Lipinski definition) is 3. The third kappa shape index (κ3) is 4.17. The zero-order valence-electron chi connectivity index (χ0n) is 13.2. The smallest absolute Gasteiger partial charge is 0.223 e. The number of pyridine rings is 1. The Labute approximate surface area is 132 Å². The quantitative estimate of drug-likeness (QED) is 0.801. The Morgan fingerprint density at radius 2 is 2.18 bits per heavy atom. The summed E-state index contributed by atoms with van der Waals surface area (Å²) < 4.78 is 0. The van der Waals surface area contributed by atoms with Crippen LogP contribution in [0, 0.1) is 5.92 Å². The third-order valence-electron chi connectivity index (χ3n) is 4.60. The Hall–Kier alpha value is -1.68. The Kier molecular flexibility index (Phi) is 5.22. The molecule has 22 heavy (non-hydrogen) atoms. The Morgan fingerprint density at radius 1 is 1.23 bits per heavy atom. The van der Waals surface area contributed by atoms with Crippen molar-refractivity contribution in [2.75, 3.05) is 26.2 Å². The fourth-order valence-corrected chi connectivity index (χ4v) is 3.32. The minimum Gasteiger partial charge on any atom is -0.341 e. The standard InChI is InChI=1S/C18H25N3O/c22-18(14-16-6-1-2-7-16)21-11-5-10-20(12-13-21)15-17-8-3-4-9-19-17/h1,3-4,6,8-9,16H,2,5,7,10-15H2/t16-/m1/s1. The molecule has 1 atom stereocenters. The summed E-state index contributed by atoms with van der Waals surface area (Å²) in [5.74, 6) is 0.802. The topological polar surface area (TPSA) is 36.4 Å². The molecule has 4 nitrogen and oxygen atoms in total. The number of allylic oxidation sites excluding steroid dienone is 2. The molecule has 1 aromatic heterocycles. The summed E-state index contributed by atoms with van der Waals surface area (Å²) >= 11 is 0. The SMILES string of the molecule is O=C(C[C@@H]1C=CCC1)N1CCCN(Cc2ccccn2)CC1. The van der Waals surface area contributed by atoms with Gasteiger partial charge in [-0.15, -0.1) is 0 Å². The van der Waals surface area contributed by atoms with Crippen LogP contribution in [0.4, 0.5) is 0 Å². The molecule has 1 aromatic rings. The summed E-state index contributed by atoms with van der Waals surface area (Å²) in [6.07, 6.45) is 10.3. The summed E-state index contributed by atoms with van der Waals surface area (Å²) in [6.45, 7) is 4.62. The molecule has 2 aliphatic rings. The highest BCUT2D eigenvalue weighted by Gasteiger charge is 2.22. The lowest BCUT2D eigenvalue weighted by molar-refractivity contribution is -0.131. The van der Waals surface area contributed by atoms with Crippen molar-refractivity contribution < 1.29 is 4.79 Å². The zero-order valence-corrected chi connectivity index (χ0v) is 13.2. The maximum atomic E-state index is 12.4. The maximum absolute atomic E-state index is 12.4. The van der Waals surface area contributed by atoms with E-state index in [4.69, 9.17) is 0 Å². The van der Waals surface area contributed by atoms with Crippen LogP contribution in [0.2, 0.25) is 0 Å². The highest BCUT2D eigenvalue weighted by Crippen LogP contribution is 2.21. The molecule has 118 valence electrons. The van der Waals surface area contributed by atoms with Crippen molar-refractivity contribution in [2.24, 2.45) is 5.92 Å². The van der Waals surface area contributed by atoms with Gasteiger partial charge in [-0.3, -0.25) is 14.7 Å². The van der Waals surface area contributed by atoms with E-state index >= 15 is 0 Å². The zero-order chi connectivity index (χ0) is 15.2. The average Bonchev–Trinajstić information content (AvgIpc) is 2.93. The normalized spacial score (nSPS) is 22.7. The van der Waals surface area contributed by atoms with Crippen LogP contribution in [0.15, 0.2) is 36.5 Å². The van der Waals surface area contributed by atoms with Crippen molar-refractivity contribution in [3.63, 3.8) is 0 Å². The van der Waals surface area contributed by atoms with Crippen molar-refractivity contribution in [3.05, 3.63) is 42.2 Å². The summed E-state index contributed by atoms with van der Waals surface area (Å²) in [5.41, 5.74) is 1.11. The molecule has 1 amide bonds. The molecule has 4 heteroatoms. The number of hydrogen-bond donors (Lipinski definition) is 0. The first-order valence-electron chi connectivity index (χ1n) is 8.38. The van der Waals surface area contributed by atoms with E-state index in [9.17, 15) is 4.79 Å². The largest absolute Gasteiger partial charge is 0.341 e. The van der Waals surface area contributed by atoms with Gasteiger partial charge in [0.2, 0.25) is 5.91 Å². The van der Waals surface area contributed by atoms with Crippen molar-refractivity contribution in [1.29, 1.82) is 0 Å². The molecular weight excluding hydrogens is 274 g/mol. The van der Waals surface area contributed by atoms with Crippen molar-refractivity contribution in [1.82, 2.24) is 14.8 Å². The Bertz CT molecular complexity index is 514. The fraction of sp³-hybridized carbons (Fsp3) is 0.556. The molecule has 2 heterocycles. The summed E-state index contributed by atoms with van der Waals surface area (Å²) in [5, 5.41) is 0. The summed E-state index contributed by atoms with van der Waals surface area (Å²) in [7, 11) is 0. The van der Waals surface area contributed by atoms with Crippen LogP contribution < -0.4 is 0 Å². The molecule has 0 N–H and O–H groups in total. The Morgan fingerprint density at radius 3 is 2.95 bits per heavy atom. The molecule has 1 saturated heterocycles. The molecule has 1 fully saturated rings. The van der Waals surface area contributed by atoms with Crippen LogP contribution in [-0.4, -0.2) is 46.9 Å². The second kappa shape index (κ2) is 7.54. The molecule has 0 saturated carbocycles. The summed E-state index contributed by atoms with van der Waals surface area (Å²) in [6, 6.07) is 6.05. The number of aromatic nitrogens is 1. The van der Waals surface area contributed by atoms with Gasteiger partial charge < -0.3 is 4.90 Å². The third-order valence-corrected chi connectivity index (χ3v) is 4.60. The van der Waals surface area contributed by atoms with Gasteiger partial charge in [-0.1, -0.05) is 18.2 Å². The van der Waals surface area contributed by atoms with Gasteiger partial charge >= 0.3 is 0 Å². The average molecular weight is 299 g/mol. The van der Waals surface area contributed by atoms with Crippen LogP contribution in [0.25, 0.3) is 0 Å². The van der Waals surface area contributed by atoms with E-state index in [0.717, 1.165) is 57.7 Å². The van der Waals surface area contributed by atoms with Gasteiger partial charge in [-0.2, -0.15) is 0 Å². The molecule has 0 spiro atoms. The second-order valence-corrected chi connectivity index (χ2v) is 6.30. The van der Waals surface area contributed by atoms with Gasteiger partial charge in [0.15, 0.2) is 0 Å². The number of carbonyl (C=O) groups excluding carboxylic acids is 1. The predicted molar refractivity (Wildman–Crippen MR) is 87.2 cm³/mol. The molecule has 1 aliphatic carbocycles. The van der Waals surface area contributed by atoms with E-state index in [1.54, 1.807) is 0 Å². The van der Waals surface area contributed by atoms with E-state index in [1.807, 2.05) is 18.3 Å². The van der Waals surface area contributed by atoms with Crippen LogP contribution in [0.1, 0.15) is 31.4 Å². The predicted octanol–water partition coefficient (Wildman–Crippen LogP) is 2.47. The maximum Gasteiger partial charge on any atom is 0.223 e. The molecular formula is C18H25N3O. The van der Waals surface area contributed by atoms with E-state index in [0.29, 0.717) is 18.2 Å². The lowest BCUT2D eigenvalue weighted by Gasteiger charge is -2.23. The minimum absolute atomic E-state index is 0.330. The first kappa shape index (κ1) is 15.2. The molecule has 0 bridgehead atoms. The molecule has 3 rings (SSSR count). The lowest BCUT2D eigenvalue weighted by atomic mass is 10.0. The highest BCUT2D eigenvalue weighted by atomic mass is 16.2. The monoisotopic (exact) mass is 299 g/mol. The van der Waals surface area contributed by atoms with Crippen molar-refractivity contribution >= 4 is 5.91 Å². The molecule has 0 unspecified atom stereocenters. The first-order valence-corrected chi connectivity index (χ1v) is 8.38. The lowest BCUT2D eigenvalue weighted by Crippen LogP contribution is -2.35. The van der Waals surface area contributed by atoms with E-state index < -0.39 is 0 Å². The van der Waals surface area contributed by atoms with Crippen LogP contribution in [0.3, 0.4) is 0 Å². The van der Waals surface area contributed by atoms with Gasteiger partial charge in [0.25, 0.3) is 0 Å². The van der Waals surface area contributed by atoms with Crippen molar-refractivity contribution in [3.8, 4) is 0 Å². The van der Waals surface area contributed by atoms with Crippen molar-refractivity contribution in [2.45, 2.75) is 32.2 Å². The summed E-state index contributed by atoms with van der Waals surface area (Å²) in [4.78, 5) is 21.3. The first-order chi connectivity index (χ1) is 10.8. The second-order valence-electron chi connectivity index (χ2n) is 6.30. The number of amides is 1. The van der Waals surface area contributed by atoms with Gasteiger partial charge in [0.05, 0.1) is 5.69 Å². The van der Waals surface area contributed by atoms with Crippen LogP contribution in [-0.2, 0) is 11.3 Å². The van der Waals surface area contributed by atoms with E-state index in [-0.39, 0.29) is 0 Å². The Balaban J connectivity index is 1.49. The fourth-order valence-electron chi connectivity index (χ4n) is 3.32. The molecule has 0 radical (unpaired) electrons. The van der Waals surface area contributed by atoms with Crippen LogP contribution >= 0.6 is 0 Å². The van der Waals surface area contributed by atoms with Gasteiger partial charge in [-0.05, 0) is 37.3 Å². The van der Waals surface area contributed by atoms with Gasteiger partial charge in [0.1, 0.15) is 0 Å². The highest BCUT2D eigenvalue weighted by molar-refractivity contribution is 5.76. The minimum atomic E-state index is 0.330. The number of nitrogens with zero attached hydrogens (tertiary/aromatic N) is 3. The van der Waals surface area contributed by atoms with E-state index in [2.05, 4.69) is 33.0 Å². The van der Waals surface area contributed by atoms with Gasteiger partial charge in [-0.25, -0.2) is 0 Å². The molecule has 0 aromatic carbocycles. The number of rotatable bonds is 4.